The molecule has 4 rings (SSSR count). The van der Waals surface area contributed by atoms with Gasteiger partial charge in [0.25, 0.3) is 0 Å². The van der Waals surface area contributed by atoms with Crippen LogP contribution in [0, 0.1) is 11.3 Å². The van der Waals surface area contributed by atoms with Crippen molar-refractivity contribution in [2.75, 3.05) is 6.61 Å². The van der Waals surface area contributed by atoms with Crippen LogP contribution in [0.5, 0.6) is 0 Å². The first kappa shape index (κ1) is 20.5. The molecule has 0 atom stereocenters. The molecule has 2 aliphatic rings. The summed E-state index contributed by atoms with van der Waals surface area (Å²) >= 11 is 0. The molecule has 0 aromatic heterocycles. The lowest BCUT2D eigenvalue weighted by molar-refractivity contribution is -0.151. The summed E-state index contributed by atoms with van der Waals surface area (Å²) in [7, 11) is 0. The number of ether oxygens (including phenoxy) is 1. The fourth-order valence-electron chi connectivity index (χ4n) is 5.10. The minimum absolute atomic E-state index is 0.0426. The molecule has 30 heavy (non-hydrogen) atoms. The summed E-state index contributed by atoms with van der Waals surface area (Å²) in [5, 5.41) is 12.4. The van der Waals surface area contributed by atoms with E-state index >= 15 is 0 Å². The maximum absolute atomic E-state index is 12.5. The normalized spacial score (nSPS) is 22.6. The van der Waals surface area contributed by atoms with Crippen LogP contribution in [0.2, 0.25) is 0 Å². The highest BCUT2D eigenvalue weighted by Crippen LogP contribution is 2.46. The van der Waals surface area contributed by atoms with Crippen molar-refractivity contribution < 1.29 is 19.4 Å². The number of nitrogens with one attached hydrogen (secondary N) is 1. The van der Waals surface area contributed by atoms with E-state index in [-0.39, 0.29) is 17.9 Å². The number of hydrogen-bond acceptors (Lipinski definition) is 3. The van der Waals surface area contributed by atoms with E-state index < -0.39 is 17.6 Å². The Kier molecular flexibility index (Phi) is 5.08. The zero-order valence-corrected chi connectivity index (χ0v) is 17.8. The van der Waals surface area contributed by atoms with Gasteiger partial charge in [0.15, 0.2) is 0 Å². The number of alkyl carbamates (subject to hydrolysis) is 1. The molecule has 0 spiro atoms. The number of aliphatic carboxylic acids is 1. The highest BCUT2D eigenvalue weighted by atomic mass is 16.5. The lowest BCUT2D eigenvalue weighted by atomic mass is 9.63. The summed E-state index contributed by atoms with van der Waals surface area (Å²) in [5.74, 6) is -0.727. The van der Waals surface area contributed by atoms with Crippen LogP contribution in [-0.2, 0) is 9.53 Å². The minimum Gasteiger partial charge on any atom is -0.480 e. The molecule has 5 heteroatoms. The van der Waals surface area contributed by atoms with Crippen LogP contribution in [0.4, 0.5) is 4.79 Å². The maximum atomic E-state index is 12.5. The Labute approximate surface area is 177 Å². The largest absolute Gasteiger partial charge is 0.480 e. The van der Waals surface area contributed by atoms with Crippen molar-refractivity contribution in [3.63, 3.8) is 0 Å². The van der Waals surface area contributed by atoms with Crippen LogP contribution in [0.1, 0.15) is 57.1 Å². The number of benzene rings is 2. The fourth-order valence-corrected chi connectivity index (χ4v) is 5.10. The predicted octanol–water partition coefficient (Wildman–Crippen LogP) is 5.19. The highest BCUT2D eigenvalue weighted by molar-refractivity contribution is 5.85. The van der Waals surface area contributed by atoms with Crippen LogP contribution in [0.15, 0.2) is 48.5 Å². The van der Waals surface area contributed by atoms with Gasteiger partial charge in [0.2, 0.25) is 0 Å². The van der Waals surface area contributed by atoms with E-state index in [0.717, 1.165) is 28.7 Å². The van der Waals surface area contributed by atoms with Crippen molar-refractivity contribution in [3.8, 4) is 11.1 Å². The van der Waals surface area contributed by atoms with Gasteiger partial charge in [0.05, 0.1) is 0 Å². The molecular weight excluding hydrogens is 378 g/mol. The Hall–Kier alpha value is -2.82. The molecule has 2 aliphatic carbocycles. The van der Waals surface area contributed by atoms with Crippen LogP contribution < -0.4 is 5.32 Å². The smallest absolute Gasteiger partial charge is 0.408 e. The Balaban J connectivity index is 1.41. The third-order valence-corrected chi connectivity index (χ3v) is 6.27. The number of carbonyl (C=O) groups excluding carboxylic acids is 1. The van der Waals surface area contributed by atoms with Crippen LogP contribution >= 0.6 is 0 Å². The SMILES string of the molecule is CC(C)(C)CC1CC(NC(=O)OCC2c3ccccc3-c3ccccc32)(C(=O)O)C1. The first-order chi connectivity index (χ1) is 14.2. The molecule has 2 aromatic rings. The molecule has 2 aromatic carbocycles. The van der Waals surface area contributed by atoms with Crippen LogP contribution in [0.25, 0.3) is 11.1 Å². The van der Waals surface area contributed by atoms with Crippen molar-refractivity contribution in [1.29, 1.82) is 0 Å². The third-order valence-electron chi connectivity index (χ3n) is 6.27. The average molecular weight is 408 g/mol. The molecule has 2 N–H and O–H groups in total. The monoisotopic (exact) mass is 407 g/mol. The van der Waals surface area contributed by atoms with Crippen molar-refractivity contribution in [2.45, 2.75) is 51.5 Å². The molecule has 0 saturated heterocycles. The number of carboxylic acids is 1. The second kappa shape index (κ2) is 7.46. The van der Waals surface area contributed by atoms with E-state index in [0.29, 0.717) is 18.8 Å². The van der Waals surface area contributed by atoms with Gasteiger partial charge in [-0.05, 0) is 52.8 Å². The lowest BCUT2D eigenvalue weighted by Crippen LogP contribution is -2.62. The van der Waals surface area contributed by atoms with Gasteiger partial charge < -0.3 is 15.2 Å². The minimum atomic E-state index is -1.21. The molecule has 1 fully saturated rings. The average Bonchev–Trinajstić information content (AvgIpc) is 2.97. The Bertz CT molecular complexity index is 924. The van der Waals surface area contributed by atoms with Gasteiger partial charge in [-0.3, -0.25) is 0 Å². The maximum Gasteiger partial charge on any atom is 0.408 e. The third kappa shape index (κ3) is 3.81. The highest BCUT2D eigenvalue weighted by Gasteiger charge is 2.52. The Morgan fingerprint density at radius 3 is 2.07 bits per heavy atom. The number of fused-ring (bicyclic) bond motifs is 3. The molecule has 0 radical (unpaired) electrons. The number of carboxylic acid groups (broad SMARTS) is 1. The van der Waals surface area contributed by atoms with Gasteiger partial charge >= 0.3 is 12.1 Å². The molecule has 1 saturated carbocycles. The standard InChI is InChI=1S/C25H29NO4/c1-24(2,3)12-16-13-25(14-16,22(27)28)26-23(29)30-15-21-19-10-6-4-8-17(19)18-9-5-7-11-20(18)21/h4-11,16,21H,12-15H2,1-3H3,(H,26,29)(H,27,28). The van der Waals surface area contributed by atoms with Crippen molar-refractivity contribution in [2.24, 2.45) is 11.3 Å². The van der Waals surface area contributed by atoms with E-state index in [2.05, 4.69) is 50.4 Å². The van der Waals surface area contributed by atoms with E-state index in [9.17, 15) is 14.7 Å². The number of carbonyl (C=O) groups is 2. The van der Waals surface area contributed by atoms with E-state index in [1.165, 1.54) is 0 Å². The van der Waals surface area contributed by atoms with Gasteiger partial charge in [-0.15, -0.1) is 0 Å². The lowest BCUT2D eigenvalue weighted by Gasteiger charge is -2.46. The van der Waals surface area contributed by atoms with Gasteiger partial charge in [-0.25, -0.2) is 9.59 Å². The van der Waals surface area contributed by atoms with Crippen molar-refractivity contribution >= 4 is 12.1 Å². The topological polar surface area (TPSA) is 75.6 Å². The summed E-state index contributed by atoms with van der Waals surface area (Å²) in [6.07, 6.45) is 1.18. The predicted molar refractivity (Wildman–Crippen MR) is 115 cm³/mol. The molecule has 0 unspecified atom stereocenters. The van der Waals surface area contributed by atoms with E-state index in [1.54, 1.807) is 0 Å². The van der Waals surface area contributed by atoms with Crippen LogP contribution in [-0.4, -0.2) is 29.3 Å². The Morgan fingerprint density at radius 1 is 1.03 bits per heavy atom. The number of amides is 1. The van der Waals surface area contributed by atoms with Crippen molar-refractivity contribution in [3.05, 3.63) is 59.7 Å². The number of hydrogen-bond donors (Lipinski definition) is 2. The molecule has 0 heterocycles. The van der Waals surface area contributed by atoms with Crippen LogP contribution in [0.3, 0.4) is 0 Å². The Morgan fingerprint density at radius 2 is 1.57 bits per heavy atom. The second-order valence-electron chi connectivity index (χ2n) is 9.88. The summed E-state index contributed by atoms with van der Waals surface area (Å²) < 4.78 is 5.54. The van der Waals surface area contributed by atoms with E-state index in [4.69, 9.17) is 4.74 Å². The molecule has 0 bridgehead atoms. The van der Waals surface area contributed by atoms with Gasteiger partial charge in [-0.1, -0.05) is 69.3 Å². The molecule has 0 aliphatic heterocycles. The first-order valence-corrected chi connectivity index (χ1v) is 10.6. The molecule has 1 amide bonds. The summed E-state index contributed by atoms with van der Waals surface area (Å²) in [4.78, 5) is 24.4. The summed E-state index contributed by atoms with van der Waals surface area (Å²) in [5.41, 5.74) is 3.51. The van der Waals surface area contributed by atoms with Gasteiger partial charge in [-0.2, -0.15) is 0 Å². The molecule has 5 nitrogen and oxygen atoms in total. The van der Waals surface area contributed by atoms with Gasteiger partial charge in [0.1, 0.15) is 12.1 Å². The molecule has 158 valence electrons. The van der Waals surface area contributed by atoms with Gasteiger partial charge in [0, 0.05) is 5.92 Å². The number of rotatable bonds is 5. The fraction of sp³-hybridized carbons (Fsp3) is 0.440. The molecular formula is C25H29NO4. The summed E-state index contributed by atoms with van der Waals surface area (Å²) in [6, 6.07) is 16.3. The first-order valence-electron chi connectivity index (χ1n) is 10.6. The quantitative estimate of drug-likeness (QED) is 0.715. The zero-order valence-electron chi connectivity index (χ0n) is 17.8. The zero-order chi connectivity index (χ0) is 21.5. The van der Waals surface area contributed by atoms with E-state index in [1.807, 2.05) is 24.3 Å². The second-order valence-corrected chi connectivity index (χ2v) is 9.88. The summed E-state index contributed by atoms with van der Waals surface area (Å²) in [6.45, 7) is 6.62. The van der Waals surface area contributed by atoms with Crippen molar-refractivity contribution in [1.82, 2.24) is 5.32 Å².